The van der Waals surface area contributed by atoms with Crippen LogP contribution in [0.4, 0.5) is 5.69 Å². The molecule has 0 heterocycles. The van der Waals surface area contributed by atoms with Gasteiger partial charge in [0.2, 0.25) is 0 Å². The maximum atomic E-state index is 5.38. The molecule has 0 saturated carbocycles. The third-order valence-corrected chi connectivity index (χ3v) is 3.85. The lowest BCUT2D eigenvalue weighted by Gasteiger charge is -2.12. The molecule has 0 aliphatic carbocycles. The highest BCUT2D eigenvalue weighted by Gasteiger charge is 2.01. The van der Waals surface area contributed by atoms with Crippen molar-refractivity contribution in [2.24, 2.45) is 0 Å². The van der Waals surface area contributed by atoms with Crippen LogP contribution in [-0.2, 0) is 0 Å². The molecule has 0 fully saturated rings. The highest BCUT2D eigenvalue weighted by molar-refractivity contribution is 7.80. The van der Waals surface area contributed by atoms with Crippen LogP contribution in [0.3, 0.4) is 0 Å². The SMILES string of the molecule is CCCCCCCNC(=S)Nc1cccc2ccccc12. The van der Waals surface area contributed by atoms with E-state index in [0.29, 0.717) is 5.11 Å². The second-order valence-electron chi connectivity index (χ2n) is 5.32. The number of fused-ring (bicyclic) bond motifs is 1. The molecule has 21 heavy (non-hydrogen) atoms. The minimum absolute atomic E-state index is 0.710. The second-order valence-corrected chi connectivity index (χ2v) is 5.73. The van der Waals surface area contributed by atoms with Gasteiger partial charge in [-0.15, -0.1) is 0 Å². The van der Waals surface area contributed by atoms with E-state index < -0.39 is 0 Å². The molecule has 0 saturated heterocycles. The third-order valence-electron chi connectivity index (χ3n) is 3.60. The molecule has 2 rings (SSSR count). The molecule has 2 aromatic rings. The maximum absolute atomic E-state index is 5.38. The van der Waals surface area contributed by atoms with Gasteiger partial charge in [0.05, 0.1) is 0 Å². The van der Waals surface area contributed by atoms with Crippen molar-refractivity contribution in [3.05, 3.63) is 42.5 Å². The van der Waals surface area contributed by atoms with Crippen LogP contribution in [0, 0.1) is 0 Å². The van der Waals surface area contributed by atoms with Gasteiger partial charge < -0.3 is 10.6 Å². The van der Waals surface area contributed by atoms with Gasteiger partial charge in [-0.05, 0) is 30.1 Å². The molecule has 0 amide bonds. The van der Waals surface area contributed by atoms with Gasteiger partial charge in [0.15, 0.2) is 5.11 Å². The molecular formula is C18H24N2S. The van der Waals surface area contributed by atoms with Crippen molar-refractivity contribution in [1.82, 2.24) is 5.32 Å². The van der Waals surface area contributed by atoms with Gasteiger partial charge in [-0.2, -0.15) is 0 Å². The van der Waals surface area contributed by atoms with E-state index in [1.54, 1.807) is 0 Å². The predicted octanol–water partition coefficient (Wildman–Crippen LogP) is 5.10. The Hall–Kier alpha value is -1.61. The fourth-order valence-electron chi connectivity index (χ4n) is 2.43. The number of hydrogen-bond acceptors (Lipinski definition) is 1. The summed E-state index contributed by atoms with van der Waals surface area (Å²) in [5, 5.41) is 9.74. The molecule has 112 valence electrons. The van der Waals surface area contributed by atoms with E-state index >= 15 is 0 Å². The highest BCUT2D eigenvalue weighted by atomic mass is 32.1. The first-order valence-electron chi connectivity index (χ1n) is 7.84. The van der Waals surface area contributed by atoms with Gasteiger partial charge in [0.1, 0.15) is 0 Å². The molecule has 0 radical (unpaired) electrons. The molecule has 0 unspecified atom stereocenters. The Morgan fingerprint density at radius 2 is 1.71 bits per heavy atom. The van der Waals surface area contributed by atoms with Crippen LogP contribution in [0.1, 0.15) is 39.0 Å². The Balaban J connectivity index is 1.82. The lowest BCUT2D eigenvalue weighted by atomic mass is 10.1. The smallest absolute Gasteiger partial charge is 0.170 e. The van der Waals surface area contributed by atoms with Crippen molar-refractivity contribution in [1.29, 1.82) is 0 Å². The van der Waals surface area contributed by atoms with Gasteiger partial charge >= 0.3 is 0 Å². The molecule has 0 aromatic heterocycles. The van der Waals surface area contributed by atoms with E-state index in [2.05, 4.69) is 60.0 Å². The summed E-state index contributed by atoms with van der Waals surface area (Å²) in [5.74, 6) is 0. The summed E-state index contributed by atoms with van der Waals surface area (Å²) in [6, 6.07) is 14.6. The third kappa shape index (κ3) is 5.01. The molecule has 2 N–H and O–H groups in total. The first kappa shape index (κ1) is 15.8. The van der Waals surface area contributed by atoms with Gasteiger partial charge in [-0.1, -0.05) is 69.0 Å². The minimum atomic E-state index is 0.710. The average molecular weight is 300 g/mol. The van der Waals surface area contributed by atoms with E-state index in [1.165, 1.54) is 42.9 Å². The molecule has 0 bridgehead atoms. The van der Waals surface area contributed by atoms with E-state index in [-0.39, 0.29) is 0 Å². The van der Waals surface area contributed by atoms with Crippen molar-refractivity contribution in [2.75, 3.05) is 11.9 Å². The van der Waals surface area contributed by atoms with E-state index in [0.717, 1.165) is 12.2 Å². The van der Waals surface area contributed by atoms with Gasteiger partial charge in [-0.3, -0.25) is 0 Å². The molecule has 2 nitrogen and oxygen atoms in total. The van der Waals surface area contributed by atoms with E-state index in [1.807, 2.05) is 0 Å². The summed E-state index contributed by atoms with van der Waals surface area (Å²) in [6.45, 7) is 3.18. The molecule has 0 aliphatic rings. The molecule has 0 spiro atoms. The largest absolute Gasteiger partial charge is 0.362 e. The lowest BCUT2D eigenvalue weighted by Crippen LogP contribution is -2.29. The van der Waals surface area contributed by atoms with Crippen LogP contribution in [0.25, 0.3) is 10.8 Å². The molecule has 2 aromatic carbocycles. The van der Waals surface area contributed by atoms with Gasteiger partial charge in [-0.25, -0.2) is 0 Å². The van der Waals surface area contributed by atoms with Gasteiger partial charge in [0.25, 0.3) is 0 Å². The fourth-order valence-corrected chi connectivity index (χ4v) is 2.64. The van der Waals surface area contributed by atoms with E-state index in [4.69, 9.17) is 12.2 Å². The van der Waals surface area contributed by atoms with Crippen molar-refractivity contribution < 1.29 is 0 Å². The van der Waals surface area contributed by atoms with Gasteiger partial charge in [0, 0.05) is 17.6 Å². The van der Waals surface area contributed by atoms with Crippen molar-refractivity contribution >= 4 is 33.8 Å². The summed E-state index contributed by atoms with van der Waals surface area (Å²) in [5.41, 5.74) is 1.07. The normalized spacial score (nSPS) is 10.5. The minimum Gasteiger partial charge on any atom is -0.362 e. The first-order chi connectivity index (χ1) is 10.3. The summed E-state index contributed by atoms with van der Waals surface area (Å²) >= 11 is 5.38. The average Bonchev–Trinajstić information content (AvgIpc) is 2.51. The fraction of sp³-hybridized carbons (Fsp3) is 0.389. The standard InChI is InChI=1S/C18H24N2S/c1-2-3-4-5-8-14-19-18(21)20-17-13-9-11-15-10-6-7-12-16(15)17/h6-7,9-13H,2-5,8,14H2,1H3,(H2,19,20,21). The van der Waals surface area contributed by atoms with Crippen LogP contribution in [0.2, 0.25) is 0 Å². The maximum Gasteiger partial charge on any atom is 0.170 e. The first-order valence-corrected chi connectivity index (χ1v) is 8.24. The summed E-state index contributed by atoms with van der Waals surface area (Å²) in [4.78, 5) is 0. The highest BCUT2D eigenvalue weighted by Crippen LogP contribution is 2.22. The zero-order valence-electron chi connectivity index (χ0n) is 12.7. The second kappa shape index (κ2) is 8.63. The topological polar surface area (TPSA) is 24.1 Å². The number of nitrogens with one attached hydrogen (secondary N) is 2. The van der Waals surface area contributed by atoms with Crippen LogP contribution in [0.15, 0.2) is 42.5 Å². The predicted molar refractivity (Wildman–Crippen MR) is 96.9 cm³/mol. The zero-order valence-corrected chi connectivity index (χ0v) is 13.5. The molecule has 0 aliphatic heterocycles. The van der Waals surface area contributed by atoms with Crippen molar-refractivity contribution in [3.8, 4) is 0 Å². The van der Waals surface area contributed by atoms with Crippen molar-refractivity contribution in [2.45, 2.75) is 39.0 Å². The molecular weight excluding hydrogens is 276 g/mol. The Morgan fingerprint density at radius 3 is 2.57 bits per heavy atom. The number of unbranched alkanes of at least 4 members (excludes halogenated alkanes) is 4. The number of hydrogen-bond donors (Lipinski definition) is 2. The van der Waals surface area contributed by atoms with Crippen LogP contribution in [0.5, 0.6) is 0 Å². The number of anilines is 1. The summed E-state index contributed by atoms with van der Waals surface area (Å²) < 4.78 is 0. The summed E-state index contributed by atoms with van der Waals surface area (Å²) in [6.07, 6.45) is 6.39. The summed E-state index contributed by atoms with van der Waals surface area (Å²) in [7, 11) is 0. The Bertz CT molecular complexity index is 575. The van der Waals surface area contributed by atoms with Crippen LogP contribution >= 0.6 is 12.2 Å². The van der Waals surface area contributed by atoms with Crippen LogP contribution in [-0.4, -0.2) is 11.7 Å². The van der Waals surface area contributed by atoms with Crippen molar-refractivity contribution in [3.63, 3.8) is 0 Å². The molecule has 3 heteroatoms. The Morgan fingerprint density at radius 1 is 0.952 bits per heavy atom. The number of benzene rings is 2. The number of thiocarbonyl (C=S) groups is 1. The number of rotatable bonds is 7. The Kier molecular flexibility index (Phi) is 6.48. The van der Waals surface area contributed by atoms with Crippen LogP contribution < -0.4 is 10.6 Å². The van der Waals surface area contributed by atoms with E-state index in [9.17, 15) is 0 Å². The lowest BCUT2D eigenvalue weighted by molar-refractivity contribution is 0.625. The molecule has 0 atom stereocenters. The quantitative estimate of drug-likeness (QED) is 0.549. The Labute approximate surface area is 132 Å². The zero-order chi connectivity index (χ0) is 14.9. The monoisotopic (exact) mass is 300 g/mol.